The van der Waals surface area contributed by atoms with Gasteiger partial charge in [0, 0.05) is 6.42 Å². The molecule has 1 heterocycles. The van der Waals surface area contributed by atoms with Gasteiger partial charge in [-0.1, -0.05) is 12.1 Å². The fraction of sp³-hybridized carbons (Fsp3) is 0.400. The number of nitrogens with one attached hydrogen (secondary N) is 1. The van der Waals surface area contributed by atoms with E-state index in [9.17, 15) is 14.7 Å². The minimum Gasteiger partial charge on any atom is -0.508 e. The smallest absolute Gasteiger partial charge is 0.328 e. The Kier molecular flexibility index (Phi) is 7.55. The summed E-state index contributed by atoms with van der Waals surface area (Å²) in [6, 6.07) is 5.70. The Balaban J connectivity index is 0.000000816. The molecule has 23 heavy (non-hydrogen) atoms. The average Bonchev–Trinajstić information content (AvgIpc) is 3.34. The van der Waals surface area contributed by atoms with Crippen LogP contribution in [0.5, 0.6) is 5.75 Å². The zero-order valence-corrected chi connectivity index (χ0v) is 12.6. The molecule has 1 saturated heterocycles. The van der Waals surface area contributed by atoms with E-state index in [1.165, 1.54) is 12.1 Å². The van der Waals surface area contributed by atoms with Gasteiger partial charge >= 0.3 is 5.97 Å². The SMILES string of the molecule is CCOC(=O)[C@H](Cc1ccc(O)cc1)NC(=O)[C@@H]1CO1.O=CO. The molecule has 1 aromatic carbocycles. The van der Waals surface area contributed by atoms with E-state index in [-0.39, 0.29) is 24.7 Å². The third-order valence-corrected chi connectivity index (χ3v) is 2.89. The Morgan fingerprint density at radius 3 is 2.48 bits per heavy atom. The number of carboxylic acid groups (broad SMARTS) is 1. The molecule has 0 unspecified atom stereocenters. The van der Waals surface area contributed by atoms with Crippen LogP contribution in [0, 0.1) is 0 Å². The van der Waals surface area contributed by atoms with Gasteiger partial charge in [-0.2, -0.15) is 0 Å². The third-order valence-electron chi connectivity index (χ3n) is 2.89. The second kappa shape index (κ2) is 9.42. The van der Waals surface area contributed by atoms with Crippen molar-refractivity contribution < 1.29 is 34.1 Å². The first kappa shape index (κ1) is 18.4. The fourth-order valence-electron chi connectivity index (χ4n) is 1.77. The van der Waals surface area contributed by atoms with Crippen LogP contribution in [0.3, 0.4) is 0 Å². The number of benzene rings is 1. The highest BCUT2D eigenvalue weighted by atomic mass is 16.6. The molecule has 3 N–H and O–H groups in total. The van der Waals surface area contributed by atoms with Crippen LogP contribution >= 0.6 is 0 Å². The summed E-state index contributed by atoms with van der Waals surface area (Å²) in [7, 11) is 0. The predicted molar refractivity (Wildman–Crippen MR) is 78.8 cm³/mol. The van der Waals surface area contributed by atoms with Crippen LogP contribution in [0.25, 0.3) is 0 Å². The van der Waals surface area contributed by atoms with Crippen LogP contribution in [-0.2, 0) is 30.3 Å². The first-order valence-corrected chi connectivity index (χ1v) is 6.96. The van der Waals surface area contributed by atoms with Gasteiger partial charge in [0.1, 0.15) is 11.8 Å². The maximum Gasteiger partial charge on any atom is 0.328 e. The van der Waals surface area contributed by atoms with E-state index in [0.29, 0.717) is 13.0 Å². The standard InChI is InChI=1S/C14H17NO5.CH2O2/c1-2-19-14(18)11(15-13(17)12-8-20-12)7-9-3-5-10(16)6-4-9;2-1-3/h3-6,11-12,16H,2,7-8H2,1H3,(H,15,17);1H,(H,2,3)/t11-,12-;/m0./s1. The Bertz CT molecular complexity index is 525. The molecular formula is C15H19NO7. The van der Waals surface area contributed by atoms with Crippen molar-refractivity contribution in [2.75, 3.05) is 13.2 Å². The Hall–Kier alpha value is -2.61. The molecule has 2 atom stereocenters. The molecule has 0 saturated carbocycles. The number of amides is 1. The van der Waals surface area contributed by atoms with Gasteiger partial charge < -0.3 is 25.0 Å². The lowest BCUT2D eigenvalue weighted by Gasteiger charge is -2.17. The van der Waals surface area contributed by atoms with E-state index < -0.39 is 18.1 Å². The van der Waals surface area contributed by atoms with Gasteiger partial charge in [-0.05, 0) is 24.6 Å². The summed E-state index contributed by atoms with van der Waals surface area (Å²) in [6.07, 6.45) is -0.149. The molecule has 126 valence electrons. The highest BCUT2D eigenvalue weighted by Crippen LogP contribution is 2.13. The van der Waals surface area contributed by atoms with Crippen molar-refractivity contribution in [2.24, 2.45) is 0 Å². The lowest BCUT2D eigenvalue weighted by Crippen LogP contribution is -2.45. The summed E-state index contributed by atoms with van der Waals surface area (Å²) in [5, 5.41) is 18.7. The maximum absolute atomic E-state index is 11.9. The van der Waals surface area contributed by atoms with E-state index in [1.807, 2.05) is 0 Å². The quantitative estimate of drug-likeness (QED) is 0.384. The molecule has 8 heteroatoms. The molecule has 0 spiro atoms. The third kappa shape index (κ3) is 6.79. The lowest BCUT2D eigenvalue weighted by molar-refractivity contribution is -0.147. The second-order valence-corrected chi connectivity index (χ2v) is 4.61. The van der Waals surface area contributed by atoms with E-state index in [4.69, 9.17) is 19.4 Å². The first-order chi connectivity index (χ1) is 11.0. The van der Waals surface area contributed by atoms with Crippen LogP contribution in [0.4, 0.5) is 0 Å². The molecule has 8 nitrogen and oxygen atoms in total. The summed E-state index contributed by atoms with van der Waals surface area (Å²) < 4.78 is 9.84. The van der Waals surface area contributed by atoms with Crippen molar-refractivity contribution in [1.82, 2.24) is 5.32 Å². The molecule has 1 aliphatic heterocycles. The zero-order valence-electron chi connectivity index (χ0n) is 12.6. The molecule has 1 aliphatic rings. The highest BCUT2D eigenvalue weighted by Gasteiger charge is 2.34. The number of phenols is 1. The average molecular weight is 325 g/mol. The van der Waals surface area contributed by atoms with Gasteiger partial charge in [0.15, 0.2) is 6.10 Å². The molecule has 0 radical (unpaired) electrons. The fourth-order valence-corrected chi connectivity index (χ4v) is 1.77. The normalized spacial score (nSPS) is 16.3. The van der Waals surface area contributed by atoms with Crippen LogP contribution in [-0.4, -0.2) is 53.9 Å². The van der Waals surface area contributed by atoms with Gasteiger partial charge in [-0.15, -0.1) is 0 Å². The summed E-state index contributed by atoms with van der Waals surface area (Å²) >= 11 is 0. The summed E-state index contributed by atoms with van der Waals surface area (Å²) in [4.78, 5) is 31.9. The predicted octanol–water partition coefficient (Wildman–Crippen LogP) is 0.0822. The highest BCUT2D eigenvalue weighted by molar-refractivity contribution is 5.88. The molecule has 1 amide bonds. The van der Waals surface area contributed by atoms with Gasteiger partial charge in [0.2, 0.25) is 0 Å². The summed E-state index contributed by atoms with van der Waals surface area (Å²) in [5.74, 6) is -0.631. The van der Waals surface area contributed by atoms with Crippen LogP contribution in [0.15, 0.2) is 24.3 Å². The lowest BCUT2D eigenvalue weighted by atomic mass is 10.1. The number of hydrogen-bond acceptors (Lipinski definition) is 6. The molecule has 2 rings (SSSR count). The Labute approximate surface area is 133 Å². The van der Waals surface area contributed by atoms with Crippen molar-refractivity contribution in [3.8, 4) is 5.75 Å². The van der Waals surface area contributed by atoms with E-state index in [0.717, 1.165) is 5.56 Å². The Morgan fingerprint density at radius 2 is 2.00 bits per heavy atom. The number of ether oxygens (including phenoxy) is 2. The number of phenolic OH excluding ortho intramolecular Hbond substituents is 1. The van der Waals surface area contributed by atoms with E-state index in [2.05, 4.69) is 5.32 Å². The first-order valence-electron chi connectivity index (χ1n) is 6.96. The number of epoxide rings is 1. The second-order valence-electron chi connectivity index (χ2n) is 4.61. The minimum absolute atomic E-state index is 0.150. The number of esters is 1. The summed E-state index contributed by atoms with van der Waals surface area (Å²) in [6.45, 7) is 2.10. The molecular weight excluding hydrogens is 306 g/mol. The monoisotopic (exact) mass is 325 g/mol. The van der Waals surface area contributed by atoms with Crippen molar-refractivity contribution in [2.45, 2.75) is 25.5 Å². The maximum atomic E-state index is 11.9. The van der Waals surface area contributed by atoms with Crippen molar-refractivity contribution in [3.05, 3.63) is 29.8 Å². The summed E-state index contributed by atoms with van der Waals surface area (Å²) in [5.41, 5.74) is 0.817. The molecule has 1 aromatic rings. The van der Waals surface area contributed by atoms with Gasteiger partial charge in [0.05, 0.1) is 13.2 Å². The Morgan fingerprint density at radius 1 is 1.43 bits per heavy atom. The topological polar surface area (TPSA) is 125 Å². The molecule has 0 bridgehead atoms. The number of aromatic hydroxyl groups is 1. The van der Waals surface area contributed by atoms with Crippen molar-refractivity contribution in [3.63, 3.8) is 0 Å². The van der Waals surface area contributed by atoms with Crippen LogP contribution in [0.1, 0.15) is 12.5 Å². The van der Waals surface area contributed by atoms with Crippen LogP contribution < -0.4 is 5.32 Å². The minimum atomic E-state index is -0.754. The van der Waals surface area contributed by atoms with Gasteiger partial charge in [0.25, 0.3) is 12.4 Å². The van der Waals surface area contributed by atoms with Crippen molar-refractivity contribution in [1.29, 1.82) is 0 Å². The van der Waals surface area contributed by atoms with E-state index in [1.54, 1.807) is 19.1 Å². The number of carbonyl (C=O) groups is 3. The van der Waals surface area contributed by atoms with Gasteiger partial charge in [-0.3, -0.25) is 9.59 Å². The molecule has 1 fully saturated rings. The number of carbonyl (C=O) groups excluding carboxylic acids is 2. The largest absolute Gasteiger partial charge is 0.508 e. The zero-order chi connectivity index (χ0) is 17.2. The molecule has 0 aromatic heterocycles. The number of rotatable bonds is 6. The van der Waals surface area contributed by atoms with E-state index >= 15 is 0 Å². The van der Waals surface area contributed by atoms with Crippen LogP contribution in [0.2, 0.25) is 0 Å². The van der Waals surface area contributed by atoms with Crippen molar-refractivity contribution >= 4 is 18.3 Å². The molecule has 0 aliphatic carbocycles. The van der Waals surface area contributed by atoms with Gasteiger partial charge in [-0.25, -0.2) is 4.79 Å². The number of hydrogen-bond donors (Lipinski definition) is 3.